The van der Waals surface area contributed by atoms with Gasteiger partial charge in [-0.3, -0.25) is 9.78 Å². The maximum atomic E-state index is 12.7. The molecule has 0 unspecified atom stereocenters. The minimum Gasteiger partial charge on any atom is -0.494 e. The molecule has 218 valence electrons. The fourth-order valence-corrected chi connectivity index (χ4v) is 5.99. The number of aryl methyl sites for hydroxylation is 2. The molecule has 2 aromatic carbocycles. The van der Waals surface area contributed by atoms with Gasteiger partial charge in [-0.1, -0.05) is 44.5 Å². The molecule has 1 fully saturated rings. The van der Waals surface area contributed by atoms with E-state index in [1.54, 1.807) is 13.3 Å². The first-order chi connectivity index (χ1) is 19.9. The number of anilines is 2. The first kappa shape index (κ1) is 29.6. The molecule has 2 N–H and O–H groups in total. The Hall–Kier alpha value is -3.88. The van der Waals surface area contributed by atoms with Gasteiger partial charge in [0.15, 0.2) is 5.11 Å². The van der Waals surface area contributed by atoms with Crippen molar-refractivity contribution in [2.45, 2.75) is 53.6 Å². The van der Waals surface area contributed by atoms with Crippen molar-refractivity contribution >= 4 is 46.2 Å². The quantitative estimate of drug-likeness (QED) is 0.222. The number of halogens is 1. The normalized spacial score (nSPS) is 16.9. The summed E-state index contributed by atoms with van der Waals surface area (Å²) in [6.45, 7) is 12.0. The number of benzene rings is 2. The Morgan fingerprint density at radius 3 is 2.50 bits per heavy atom. The number of nitrogens with one attached hydrogen (secondary N) is 2. The molecule has 5 rings (SSSR count). The number of carbonyl (C=O) groups is 1. The predicted octanol–water partition coefficient (Wildman–Crippen LogP) is 7.62. The number of hydrogen-bond acceptors (Lipinski definition) is 4. The summed E-state index contributed by atoms with van der Waals surface area (Å²) >= 11 is 12.4. The molecule has 42 heavy (non-hydrogen) atoms. The maximum absolute atomic E-state index is 12.7. The van der Waals surface area contributed by atoms with Crippen molar-refractivity contribution in [1.29, 1.82) is 0 Å². The second-order valence-corrected chi connectivity index (χ2v) is 12.5. The van der Waals surface area contributed by atoms with Crippen LogP contribution < -0.4 is 20.3 Å². The Bertz CT molecular complexity index is 1660. The van der Waals surface area contributed by atoms with Crippen LogP contribution in [-0.2, 0) is 4.79 Å². The van der Waals surface area contributed by atoms with E-state index >= 15 is 0 Å². The van der Waals surface area contributed by atoms with Crippen molar-refractivity contribution < 1.29 is 9.53 Å². The summed E-state index contributed by atoms with van der Waals surface area (Å²) in [5.41, 5.74) is 7.23. The molecule has 4 aromatic rings. The lowest BCUT2D eigenvalue weighted by Gasteiger charge is -2.29. The second kappa shape index (κ2) is 11.4. The molecule has 2 aromatic heterocycles. The van der Waals surface area contributed by atoms with Crippen molar-refractivity contribution in [3.63, 3.8) is 0 Å². The highest BCUT2D eigenvalue weighted by atomic mass is 35.5. The van der Waals surface area contributed by atoms with Gasteiger partial charge in [0.05, 0.1) is 30.6 Å². The molecule has 0 radical (unpaired) electrons. The highest BCUT2D eigenvalue weighted by Gasteiger charge is 2.42. The highest BCUT2D eigenvalue weighted by Crippen LogP contribution is 2.45. The highest BCUT2D eigenvalue weighted by molar-refractivity contribution is 7.80. The molecular weight excluding hydrogens is 566 g/mol. The molecule has 1 amide bonds. The number of nitrogens with zero attached hydrogens (tertiary/aromatic N) is 3. The van der Waals surface area contributed by atoms with Crippen LogP contribution in [0.25, 0.3) is 5.69 Å². The Balaban J connectivity index is 1.64. The van der Waals surface area contributed by atoms with Gasteiger partial charge < -0.3 is 24.8 Å². The van der Waals surface area contributed by atoms with Crippen molar-refractivity contribution in [3.05, 3.63) is 100 Å². The summed E-state index contributed by atoms with van der Waals surface area (Å²) in [6.07, 6.45) is 1.80. The number of rotatable bonds is 6. The van der Waals surface area contributed by atoms with Gasteiger partial charge in [0, 0.05) is 45.5 Å². The van der Waals surface area contributed by atoms with E-state index in [1.165, 1.54) is 0 Å². The number of methoxy groups -OCH3 is 1. The molecule has 9 heteroatoms. The Kier molecular flexibility index (Phi) is 8.05. The van der Waals surface area contributed by atoms with Crippen LogP contribution in [0.2, 0.25) is 5.02 Å². The zero-order valence-electron chi connectivity index (χ0n) is 24.9. The fraction of sp³-hybridized carbons (Fsp3) is 0.303. The van der Waals surface area contributed by atoms with Crippen LogP contribution in [0.3, 0.4) is 0 Å². The summed E-state index contributed by atoms with van der Waals surface area (Å²) < 4.78 is 7.99. The van der Waals surface area contributed by atoms with Gasteiger partial charge in [-0.2, -0.15) is 0 Å². The average molecular weight is 602 g/mol. The molecular formula is C33H36ClN5O2S. The van der Waals surface area contributed by atoms with E-state index in [0.29, 0.717) is 21.6 Å². The fourth-order valence-electron chi connectivity index (χ4n) is 5.47. The van der Waals surface area contributed by atoms with Crippen molar-refractivity contribution in [1.82, 2.24) is 14.9 Å². The zero-order valence-corrected chi connectivity index (χ0v) is 26.5. The van der Waals surface area contributed by atoms with Crippen LogP contribution in [0.5, 0.6) is 5.75 Å². The van der Waals surface area contributed by atoms with Crippen molar-refractivity contribution in [2.24, 2.45) is 5.41 Å². The summed E-state index contributed by atoms with van der Waals surface area (Å²) in [7, 11) is 1.60. The van der Waals surface area contributed by atoms with Gasteiger partial charge in [-0.15, -0.1) is 0 Å². The predicted molar refractivity (Wildman–Crippen MR) is 174 cm³/mol. The number of carbonyl (C=O) groups excluding carboxylic acids is 1. The SMILES string of the molecule is COc1cc(N2C(=S)N[C@H](c3ccccn3)[C@H]2c2cc(C)n(-c3cc(Cl)ccc3C)c2C)ccc1NC(=O)C(C)(C)C. The van der Waals surface area contributed by atoms with Gasteiger partial charge in [0.25, 0.3) is 0 Å². The van der Waals surface area contributed by atoms with E-state index in [2.05, 4.69) is 46.9 Å². The monoisotopic (exact) mass is 601 g/mol. The summed E-state index contributed by atoms with van der Waals surface area (Å²) in [6, 6.07) is 19.4. The van der Waals surface area contributed by atoms with Crippen molar-refractivity contribution in [2.75, 3.05) is 17.3 Å². The minimum atomic E-state index is -0.547. The van der Waals surface area contributed by atoms with E-state index < -0.39 is 5.41 Å². The number of thiocarbonyl (C=S) groups is 1. The third-order valence-corrected chi connectivity index (χ3v) is 8.24. The molecule has 2 atom stereocenters. The summed E-state index contributed by atoms with van der Waals surface area (Å²) in [4.78, 5) is 19.6. The average Bonchev–Trinajstić information content (AvgIpc) is 3.44. The van der Waals surface area contributed by atoms with Gasteiger partial charge >= 0.3 is 0 Å². The van der Waals surface area contributed by atoms with E-state index in [4.69, 9.17) is 33.5 Å². The third-order valence-electron chi connectivity index (χ3n) is 7.69. The summed E-state index contributed by atoms with van der Waals surface area (Å²) in [5.74, 6) is 0.455. The molecule has 0 bridgehead atoms. The minimum absolute atomic E-state index is 0.0937. The first-order valence-corrected chi connectivity index (χ1v) is 14.6. The largest absolute Gasteiger partial charge is 0.494 e. The molecule has 0 saturated carbocycles. The number of pyridine rings is 1. The van der Waals surface area contributed by atoms with Crippen LogP contribution in [0.4, 0.5) is 11.4 Å². The van der Waals surface area contributed by atoms with E-state index in [9.17, 15) is 4.79 Å². The maximum Gasteiger partial charge on any atom is 0.229 e. The smallest absolute Gasteiger partial charge is 0.229 e. The van der Waals surface area contributed by atoms with E-state index in [-0.39, 0.29) is 18.0 Å². The lowest BCUT2D eigenvalue weighted by Crippen LogP contribution is -2.30. The second-order valence-electron chi connectivity index (χ2n) is 11.7. The molecule has 0 spiro atoms. The zero-order chi connectivity index (χ0) is 30.3. The van der Waals surface area contributed by atoms with Gasteiger partial charge in [0.2, 0.25) is 5.91 Å². The number of ether oxygens (including phenoxy) is 1. The van der Waals surface area contributed by atoms with Crippen LogP contribution in [-0.4, -0.2) is 27.7 Å². The van der Waals surface area contributed by atoms with E-state index in [1.807, 2.05) is 75.4 Å². The van der Waals surface area contributed by atoms with Crippen LogP contribution in [0, 0.1) is 26.2 Å². The van der Waals surface area contributed by atoms with E-state index in [0.717, 1.165) is 39.6 Å². The molecule has 1 saturated heterocycles. The topological polar surface area (TPSA) is 71.4 Å². The number of amides is 1. The van der Waals surface area contributed by atoms with Crippen LogP contribution >= 0.6 is 23.8 Å². The molecule has 1 aliphatic heterocycles. The lowest BCUT2D eigenvalue weighted by atomic mass is 9.95. The van der Waals surface area contributed by atoms with Crippen molar-refractivity contribution in [3.8, 4) is 11.4 Å². The lowest BCUT2D eigenvalue weighted by molar-refractivity contribution is -0.123. The van der Waals surface area contributed by atoms with Gasteiger partial charge in [-0.25, -0.2) is 0 Å². The Morgan fingerprint density at radius 1 is 1.07 bits per heavy atom. The molecule has 0 aliphatic carbocycles. The Morgan fingerprint density at radius 2 is 1.83 bits per heavy atom. The number of hydrogen-bond donors (Lipinski definition) is 2. The third kappa shape index (κ3) is 5.49. The molecule has 1 aliphatic rings. The van der Waals surface area contributed by atoms with Crippen LogP contribution in [0.15, 0.2) is 66.9 Å². The molecule has 3 heterocycles. The standard InChI is InChI=1S/C33H36ClN5O2S/c1-19-11-12-22(34)17-27(19)38-20(2)16-24(21(38)3)30-29(26-10-8-9-15-35-26)37-32(42)39(30)23-13-14-25(28(18-23)41-7)36-31(40)33(4,5)6/h8-18,29-30H,1-7H3,(H,36,40)(H,37,42)/t29-,30-/m1/s1. The first-order valence-electron chi connectivity index (χ1n) is 13.9. The van der Waals surface area contributed by atoms with Gasteiger partial charge in [-0.05, 0) is 86.6 Å². The number of aromatic nitrogens is 2. The molecule has 7 nitrogen and oxygen atoms in total. The Labute approximate surface area is 257 Å². The van der Waals surface area contributed by atoms with Gasteiger partial charge in [0.1, 0.15) is 5.75 Å². The van der Waals surface area contributed by atoms with Crippen LogP contribution in [0.1, 0.15) is 61.1 Å². The summed E-state index contributed by atoms with van der Waals surface area (Å²) in [5, 5.41) is 7.81.